The zero-order chi connectivity index (χ0) is 24.2. The molecule has 3 aromatic rings. The van der Waals surface area contributed by atoms with Crippen LogP contribution in [0.2, 0.25) is 0 Å². The van der Waals surface area contributed by atoms with Crippen molar-refractivity contribution in [1.82, 2.24) is 9.29 Å². The zero-order valence-electron chi connectivity index (χ0n) is 19.1. The lowest BCUT2D eigenvalue weighted by Gasteiger charge is -2.24. The average molecular weight is 477 g/mol. The molecule has 1 heterocycles. The van der Waals surface area contributed by atoms with Crippen molar-refractivity contribution >= 4 is 10.0 Å². The van der Waals surface area contributed by atoms with Gasteiger partial charge in [-0.2, -0.15) is 0 Å². The number of hydrogen-bond donors (Lipinski definition) is 2. The van der Waals surface area contributed by atoms with E-state index >= 15 is 0 Å². The maximum Gasteiger partial charge on any atom is 0.268 e. The van der Waals surface area contributed by atoms with Crippen LogP contribution in [0.5, 0.6) is 5.75 Å². The summed E-state index contributed by atoms with van der Waals surface area (Å²) in [5.74, 6) is -0.268. The minimum Gasteiger partial charge on any atom is -0.488 e. The van der Waals surface area contributed by atoms with E-state index in [1.807, 2.05) is 0 Å². The van der Waals surface area contributed by atoms with Crippen LogP contribution in [0, 0.1) is 5.82 Å². The molecule has 0 aliphatic heterocycles. The molecule has 0 saturated carbocycles. The van der Waals surface area contributed by atoms with Gasteiger partial charge in [-0.15, -0.1) is 0 Å². The average Bonchev–Trinajstić information content (AvgIpc) is 3.16. The van der Waals surface area contributed by atoms with Crippen LogP contribution < -0.4 is 10.1 Å². The number of benzene rings is 2. The van der Waals surface area contributed by atoms with Gasteiger partial charge in [-0.1, -0.05) is 18.2 Å². The van der Waals surface area contributed by atoms with Gasteiger partial charge in [0.2, 0.25) is 0 Å². The summed E-state index contributed by atoms with van der Waals surface area (Å²) in [7, 11) is -2.33. The molecule has 0 fully saturated rings. The van der Waals surface area contributed by atoms with Crippen molar-refractivity contribution in [3.8, 4) is 17.0 Å². The summed E-state index contributed by atoms with van der Waals surface area (Å²) >= 11 is 0. The minimum absolute atomic E-state index is 0.0320. The van der Waals surface area contributed by atoms with E-state index in [-0.39, 0.29) is 28.5 Å². The number of ether oxygens (including phenoxy) is 2. The van der Waals surface area contributed by atoms with Crippen LogP contribution in [-0.4, -0.2) is 43.0 Å². The first kappa shape index (κ1) is 24.9. The van der Waals surface area contributed by atoms with Crippen LogP contribution >= 0.6 is 0 Å². The first-order valence-electron chi connectivity index (χ1n) is 10.5. The Morgan fingerprint density at radius 2 is 1.85 bits per heavy atom. The Balaban J connectivity index is 1.95. The molecule has 0 aliphatic rings. The van der Waals surface area contributed by atoms with E-state index in [1.54, 1.807) is 58.2 Å². The topological polar surface area (TPSA) is 89.8 Å². The number of aliphatic hydroxyl groups excluding tert-OH is 1. The first-order chi connectivity index (χ1) is 15.5. The Bertz CT molecular complexity index is 1200. The van der Waals surface area contributed by atoms with Crippen molar-refractivity contribution in [3.05, 3.63) is 72.2 Å². The lowest BCUT2D eigenvalue weighted by atomic mass is 10.1. The van der Waals surface area contributed by atoms with E-state index in [4.69, 9.17) is 9.47 Å². The van der Waals surface area contributed by atoms with Gasteiger partial charge in [0.05, 0.1) is 16.2 Å². The van der Waals surface area contributed by atoms with Gasteiger partial charge in [0.1, 0.15) is 18.2 Å². The van der Waals surface area contributed by atoms with Crippen molar-refractivity contribution in [2.75, 3.05) is 13.7 Å². The maximum atomic E-state index is 14.5. The molecule has 0 spiro atoms. The number of rotatable bonds is 9. The predicted molar refractivity (Wildman–Crippen MR) is 124 cm³/mol. The normalized spacial score (nSPS) is 13.2. The molecule has 2 N–H and O–H groups in total. The molecule has 0 aliphatic carbocycles. The van der Waals surface area contributed by atoms with Gasteiger partial charge in [0.15, 0.2) is 6.29 Å². The highest BCUT2D eigenvalue weighted by molar-refractivity contribution is 7.90. The van der Waals surface area contributed by atoms with Crippen LogP contribution in [0.4, 0.5) is 4.39 Å². The second-order valence-electron chi connectivity index (χ2n) is 8.52. The smallest absolute Gasteiger partial charge is 0.268 e. The fourth-order valence-corrected chi connectivity index (χ4v) is 4.74. The van der Waals surface area contributed by atoms with Gasteiger partial charge in [0.25, 0.3) is 10.0 Å². The molecule has 9 heteroatoms. The predicted octanol–water partition coefficient (Wildman–Crippen LogP) is 3.76. The number of halogens is 1. The van der Waals surface area contributed by atoms with E-state index in [2.05, 4.69) is 5.32 Å². The van der Waals surface area contributed by atoms with E-state index in [9.17, 15) is 17.9 Å². The lowest BCUT2D eigenvalue weighted by Crippen LogP contribution is -2.31. The number of aromatic nitrogens is 1. The van der Waals surface area contributed by atoms with Gasteiger partial charge in [-0.05, 0) is 63.7 Å². The lowest BCUT2D eigenvalue weighted by molar-refractivity contribution is -0.178. The highest BCUT2D eigenvalue weighted by Gasteiger charge is 2.24. The van der Waals surface area contributed by atoms with E-state index < -0.39 is 27.7 Å². The van der Waals surface area contributed by atoms with Crippen LogP contribution in [0.25, 0.3) is 11.3 Å². The molecule has 3 rings (SSSR count). The van der Waals surface area contributed by atoms with Crippen molar-refractivity contribution in [2.45, 2.75) is 44.1 Å². The molecule has 0 amide bonds. The summed E-state index contributed by atoms with van der Waals surface area (Å²) in [6, 6.07) is 13.6. The summed E-state index contributed by atoms with van der Waals surface area (Å²) in [4.78, 5) is -0.0320. The molecule has 0 saturated heterocycles. The molecule has 33 heavy (non-hydrogen) atoms. The Hall–Kier alpha value is -2.72. The van der Waals surface area contributed by atoms with Crippen molar-refractivity contribution in [1.29, 1.82) is 0 Å². The summed E-state index contributed by atoms with van der Waals surface area (Å²) in [6.07, 6.45) is 0.300. The van der Waals surface area contributed by atoms with E-state index in [1.165, 1.54) is 30.5 Å². The van der Waals surface area contributed by atoms with Crippen LogP contribution in [0.15, 0.2) is 65.7 Å². The number of hydrogen-bond acceptors (Lipinski definition) is 6. The molecular formula is C24H29FN2O5S. The first-order valence-corrected chi connectivity index (χ1v) is 11.9. The molecule has 1 aromatic heterocycles. The fourth-order valence-electron chi connectivity index (χ4n) is 3.31. The molecule has 0 radical (unpaired) electrons. The zero-order valence-corrected chi connectivity index (χ0v) is 19.9. The highest BCUT2D eigenvalue weighted by Crippen LogP contribution is 2.30. The Labute approximate surface area is 193 Å². The molecular weight excluding hydrogens is 447 g/mol. The standard InChI is InChI=1S/C24H29FN2O5S/c1-24(2,3)32-23(28)16-31-18-8-7-9-19(13-18)33(29,30)27-15-17(14-26-4)12-22(27)20-10-5-6-11-21(20)25/h5-13,15,23,26,28H,14,16H2,1-4H3. The van der Waals surface area contributed by atoms with Crippen molar-refractivity contribution in [3.63, 3.8) is 0 Å². The minimum atomic E-state index is -4.07. The quantitative estimate of drug-likeness (QED) is 0.457. The highest BCUT2D eigenvalue weighted by atomic mass is 32.2. The largest absolute Gasteiger partial charge is 0.488 e. The summed E-state index contributed by atoms with van der Waals surface area (Å²) in [5.41, 5.74) is 0.530. The van der Waals surface area contributed by atoms with Crippen LogP contribution in [-0.2, 0) is 21.3 Å². The molecule has 1 unspecified atom stereocenters. The van der Waals surface area contributed by atoms with Gasteiger partial charge in [0, 0.05) is 24.4 Å². The Morgan fingerprint density at radius 3 is 2.52 bits per heavy atom. The summed E-state index contributed by atoms with van der Waals surface area (Å²) < 4.78 is 53.6. The second kappa shape index (κ2) is 10.0. The number of nitrogens with zero attached hydrogens (tertiary/aromatic N) is 1. The van der Waals surface area contributed by atoms with Crippen LogP contribution in [0.1, 0.15) is 26.3 Å². The van der Waals surface area contributed by atoms with Crippen LogP contribution in [0.3, 0.4) is 0 Å². The van der Waals surface area contributed by atoms with E-state index in [0.29, 0.717) is 12.1 Å². The molecule has 2 aromatic carbocycles. The molecule has 1 atom stereocenters. The summed E-state index contributed by atoms with van der Waals surface area (Å²) in [5, 5.41) is 13.0. The third-order valence-electron chi connectivity index (χ3n) is 4.62. The molecule has 7 nitrogen and oxygen atoms in total. The Kier molecular flexibility index (Phi) is 7.58. The second-order valence-corrected chi connectivity index (χ2v) is 10.3. The number of aliphatic hydroxyl groups is 1. The molecule has 178 valence electrons. The fraction of sp³-hybridized carbons (Fsp3) is 0.333. The van der Waals surface area contributed by atoms with Gasteiger partial charge >= 0.3 is 0 Å². The van der Waals surface area contributed by atoms with E-state index in [0.717, 1.165) is 3.97 Å². The van der Waals surface area contributed by atoms with Gasteiger partial charge in [-0.3, -0.25) is 0 Å². The van der Waals surface area contributed by atoms with Gasteiger partial charge in [-0.25, -0.2) is 16.8 Å². The molecule has 0 bridgehead atoms. The summed E-state index contributed by atoms with van der Waals surface area (Å²) in [6.45, 7) is 5.65. The maximum absolute atomic E-state index is 14.5. The van der Waals surface area contributed by atoms with Crippen molar-refractivity contribution in [2.24, 2.45) is 0 Å². The third-order valence-corrected chi connectivity index (χ3v) is 6.29. The number of nitrogens with one attached hydrogen (secondary N) is 1. The third kappa shape index (κ3) is 6.20. The monoisotopic (exact) mass is 476 g/mol. The Morgan fingerprint density at radius 1 is 1.12 bits per heavy atom. The van der Waals surface area contributed by atoms with Gasteiger partial charge < -0.3 is 19.9 Å². The SMILES string of the molecule is CNCc1cc(-c2ccccc2F)n(S(=O)(=O)c2cccc(OCC(O)OC(C)(C)C)c2)c1. The van der Waals surface area contributed by atoms with Crippen molar-refractivity contribution < 1.29 is 27.4 Å².